The molecule has 2 aromatic carbocycles. The van der Waals surface area contributed by atoms with Crippen LogP contribution in [0.25, 0.3) is 0 Å². The molecule has 23 heavy (non-hydrogen) atoms. The summed E-state index contributed by atoms with van der Waals surface area (Å²) in [4.78, 5) is 43.1. The first-order valence-corrected chi connectivity index (χ1v) is 6.69. The van der Waals surface area contributed by atoms with Crippen LogP contribution < -0.4 is 5.73 Å². The van der Waals surface area contributed by atoms with E-state index in [1.165, 1.54) is 12.1 Å². The highest BCUT2D eigenvalue weighted by molar-refractivity contribution is 6.47. The number of carbonyl (C=O) groups excluding carboxylic acids is 3. The second-order valence-electron chi connectivity index (χ2n) is 4.81. The number of ketones is 3. The summed E-state index contributed by atoms with van der Waals surface area (Å²) in [5.41, 5.74) is 7.04. The number of nitrogens with two attached hydrogens (primary N) is 1. The molecule has 0 fully saturated rings. The van der Waals surface area contributed by atoms with Crippen molar-refractivity contribution in [2.45, 2.75) is 6.42 Å². The van der Waals surface area contributed by atoms with Crippen LogP contribution in [-0.4, -0.2) is 28.4 Å². The van der Waals surface area contributed by atoms with Crippen molar-refractivity contribution in [1.82, 2.24) is 0 Å². The Morgan fingerprint density at radius 1 is 0.957 bits per heavy atom. The van der Waals surface area contributed by atoms with Crippen molar-refractivity contribution in [1.29, 1.82) is 0 Å². The normalized spacial score (nSPS) is 12.2. The molecule has 0 radical (unpaired) electrons. The Bertz CT molecular complexity index is 810. The molecule has 0 bridgehead atoms. The zero-order valence-corrected chi connectivity index (χ0v) is 12.0. The van der Waals surface area contributed by atoms with Gasteiger partial charge in [-0.25, -0.2) is 4.79 Å². The summed E-state index contributed by atoms with van der Waals surface area (Å²) in [6.07, 6.45) is 0.287. The number of anilines is 1. The van der Waals surface area contributed by atoms with E-state index in [2.05, 4.69) is 0 Å². The second kappa shape index (κ2) is 6.65. The minimum atomic E-state index is -1.49. The fourth-order valence-corrected chi connectivity index (χ4v) is 2.12. The highest BCUT2D eigenvalue weighted by Crippen LogP contribution is 2.18. The van der Waals surface area contributed by atoms with Gasteiger partial charge in [0.2, 0.25) is 11.6 Å². The van der Waals surface area contributed by atoms with E-state index in [0.717, 1.165) is 5.56 Å². The fraction of sp³-hybridized carbons (Fsp3) is 0.0588. The third-order valence-corrected chi connectivity index (χ3v) is 3.27. The zero-order valence-electron chi connectivity index (χ0n) is 12.0. The number of nitrogen functional groups attached to an aromatic ring is 1. The lowest BCUT2D eigenvalue weighted by Gasteiger charge is -1.98. The van der Waals surface area contributed by atoms with Crippen molar-refractivity contribution in [3.8, 4) is 0 Å². The molecule has 0 heterocycles. The van der Waals surface area contributed by atoms with Crippen molar-refractivity contribution in [3.05, 3.63) is 65.2 Å². The quantitative estimate of drug-likeness (QED) is 0.494. The van der Waals surface area contributed by atoms with Gasteiger partial charge in [-0.1, -0.05) is 36.4 Å². The van der Waals surface area contributed by atoms with Gasteiger partial charge >= 0.3 is 5.97 Å². The summed E-state index contributed by atoms with van der Waals surface area (Å²) in [6.45, 7) is 0. The molecule has 2 aromatic rings. The van der Waals surface area contributed by atoms with Crippen LogP contribution in [0.15, 0.2) is 48.5 Å². The Morgan fingerprint density at radius 3 is 2.17 bits per heavy atom. The van der Waals surface area contributed by atoms with E-state index in [4.69, 9.17) is 10.8 Å². The molecule has 0 spiro atoms. The van der Waals surface area contributed by atoms with Crippen molar-refractivity contribution in [3.63, 3.8) is 0 Å². The van der Waals surface area contributed by atoms with Gasteiger partial charge < -0.3 is 10.8 Å². The Kier molecular flexibility index (Phi) is 4.66. The molecule has 116 valence electrons. The molecule has 0 aromatic heterocycles. The van der Waals surface area contributed by atoms with E-state index in [1.807, 2.05) is 12.1 Å². The van der Waals surface area contributed by atoms with E-state index in [-0.39, 0.29) is 29.2 Å². The maximum atomic E-state index is 11.0. The molecular weight excluding hydrogens is 298 g/mol. The number of aliphatic carboxylic acids is 1. The molecule has 3 N–H and O–H groups in total. The van der Waals surface area contributed by atoms with E-state index in [0.29, 0.717) is 5.56 Å². The molecule has 1 aliphatic carbocycles. The molecule has 6 nitrogen and oxygen atoms in total. The van der Waals surface area contributed by atoms with Gasteiger partial charge in [0, 0.05) is 17.7 Å². The van der Waals surface area contributed by atoms with Crippen molar-refractivity contribution in [2.75, 3.05) is 5.73 Å². The van der Waals surface area contributed by atoms with E-state index in [9.17, 15) is 19.2 Å². The second-order valence-corrected chi connectivity index (χ2v) is 4.81. The molecule has 0 saturated heterocycles. The number of carbonyl (C=O) groups is 4. The van der Waals surface area contributed by atoms with Crippen molar-refractivity contribution >= 4 is 29.0 Å². The number of fused-ring (bicyclic) bond motifs is 1. The highest BCUT2D eigenvalue weighted by Gasteiger charge is 2.26. The Labute approximate surface area is 131 Å². The van der Waals surface area contributed by atoms with Gasteiger partial charge in [-0.3, -0.25) is 14.4 Å². The topological polar surface area (TPSA) is 115 Å². The molecule has 0 saturated carbocycles. The average molecular weight is 311 g/mol. The predicted octanol–water partition coefficient (Wildman–Crippen LogP) is 1.53. The molecule has 1 aliphatic rings. The summed E-state index contributed by atoms with van der Waals surface area (Å²) < 4.78 is 0. The van der Waals surface area contributed by atoms with E-state index in [1.54, 1.807) is 24.3 Å². The number of hydrogen-bond acceptors (Lipinski definition) is 5. The van der Waals surface area contributed by atoms with Gasteiger partial charge in [0.05, 0.1) is 5.56 Å². The maximum Gasteiger partial charge on any atom is 0.377 e. The minimum absolute atomic E-state index is 0.0324. The number of carboxylic acid groups (broad SMARTS) is 1. The monoisotopic (exact) mass is 311 g/mol. The smallest absolute Gasteiger partial charge is 0.377 e. The summed E-state index contributed by atoms with van der Waals surface area (Å²) in [7, 11) is 0. The van der Waals surface area contributed by atoms with Crippen LogP contribution in [0, 0.1) is 0 Å². The largest absolute Gasteiger partial charge is 0.475 e. The zero-order chi connectivity index (χ0) is 17.0. The van der Waals surface area contributed by atoms with Gasteiger partial charge in [-0.15, -0.1) is 0 Å². The lowest BCUT2D eigenvalue weighted by atomic mass is 10.1. The molecule has 0 atom stereocenters. The lowest BCUT2D eigenvalue weighted by Crippen LogP contribution is -2.14. The SMILES string of the molecule is Nc1ccccc1C(=O)C(=O)O.O=C1Cc2ccccc2C1=O. The van der Waals surface area contributed by atoms with Gasteiger partial charge in [-0.2, -0.15) is 0 Å². The standard InChI is InChI=1S/C9H6O2.C8H7NO3/c10-8-5-6-3-1-2-4-7(6)9(8)11;9-6-4-2-1-3-5(6)7(10)8(11)12/h1-4H,5H2;1-4H,9H2,(H,11,12). The number of hydrogen-bond donors (Lipinski definition) is 2. The van der Waals surface area contributed by atoms with Gasteiger partial charge in [0.15, 0.2) is 0 Å². The number of para-hydroxylation sites is 1. The van der Waals surface area contributed by atoms with Gasteiger partial charge in [0.1, 0.15) is 0 Å². The van der Waals surface area contributed by atoms with Crippen molar-refractivity contribution < 1.29 is 24.3 Å². The molecule has 0 amide bonds. The summed E-state index contributed by atoms with van der Waals surface area (Å²) in [6, 6.07) is 13.2. The molecule has 0 unspecified atom stereocenters. The Hall–Kier alpha value is -3.28. The van der Waals surface area contributed by atoms with Crippen LogP contribution in [0.1, 0.15) is 26.3 Å². The summed E-state index contributed by atoms with van der Waals surface area (Å²) in [5.74, 6) is -3.09. The average Bonchev–Trinajstić information content (AvgIpc) is 2.83. The first kappa shape index (κ1) is 16.1. The van der Waals surface area contributed by atoms with Gasteiger partial charge in [-0.05, 0) is 17.7 Å². The molecule has 6 heteroatoms. The van der Waals surface area contributed by atoms with Crippen LogP contribution in [0.5, 0.6) is 0 Å². The molecule has 3 rings (SSSR count). The Balaban J connectivity index is 0.000000167. The summed E-state index contributed by atoms with van der Waals surface area (Å²) in [5, 5.41) is 8.35. The number of carboxylic acids is 1. The van der Waals surface area contributed by atoms with Crippen LogP contribution in [0.2, 0.25) is 0 Å². The first-order valence-electron chi connectivity index (χ1n) is 6.69. The maximum absolute atomic E-state index is 11.0. The van der Waals surface area contributed by atoms with Crippen molar-refractivity contribution in [2.24, 2.45) is 0 Å². The number of rotatable bonds is 2. The lowest BCUT2D eigenvalue weighted by molar-refractivity contribution is -0.131. The first-order chi connectivity index (χ1) is 10.9. The van der Waals surface area contributed by atoms with Crippen LogP contribution in [0.3, 0.4) is 0 Å². The highest BCUT2D eigenvalue weighted by atomic mass is 16.4. The number of benzene rings is 2. The van der Waals surface area contributed by atoms with E-state index >= 15 is 0 Å². The van der Waals surface area contributed by atoms with E-state index < -0.39 is 11.8 Å². The van der Waals surface area contributed by atoms with Crippen LogP contribution >= 0.6 is 0 Å². The fourth-order valence-electron chi connectivity index (χ4n) is 2.12. The van der Waals surface area contributed by atoms with Gasteiger partial charge in [0.25, 0.3) is 5.78 Å². The minimum Gasteiger partial charge on any atom is -0.475 e. The van der Waals surface area contributed by atoms with Crippen LogP contribution in [0.4, 0.5) is 5.69 Å². The Morgan fingerprint density at radius 2 is 1.57 bits per heavy atom. The third-order valence-electron chi connectivity index (χ3n) is 3.27. The molecular formula is C17H13NO5. The molecule has 0 aliphatic heterocycles. The summed E-state index contributed by atoms with van der Waals surface area (Å²) >= 11 is 0. The number of Topliss-reactive ketones (excluding diaryl/α,β-unsaturated/α-hetero) is 3. The van der Waals surface area contributed by atoms with Crippen LogP contribution in [-0.2, 0) is 16.0 Å². The predicted molar refractivity (Wildman–Crippen MR) is 82.3 cm³/mol. The third kappa shape index (κ3) is 3.49.